The molecule has 632 valence electrons. The number of aromatic nitrogens is 4. The van der Waals surface area contributed by atoms with E-state index in [9.17, 15) is 72.0 Å². The Bertz CT molecular complexity index is 7810. The predicted octanol–water partition coefficient (Wildman–Crippen LogP) is 16.9. The second-order valence-corrected chi connectivity index (χ2v) is 35.4. The Balaban J connectivity index is 0.000000220. The van der Waals surface area contributed by atoms with Crippen LogP contribution in [0.25, 0.3) is 0 Å². The molecule has 0 saturated carbocycles. The highest BCUT2D eigenvalue weighted by Crippen LogP contribution is 2.36. The Morgan fingerprint density at radius 2 is 0.575 bits per heavy atom. The van der Waals surface area contributed by atoms with E-state index in [1.54, 1.807) is 47.6 Å². The van der Waals surface area contributed by atoms with Crippen LogP contribution in [0.15, 0.2) is 132 Å². The van der Waals surface area contributed by atoms with Crippen molar-refractivity contribution in [3.05, 3.63) is 226 Å². The molecule has 4 aromatic carbocycles. The van der Waals surface area contributed by atoms with Gasteiger partial charge < -0.3 is 39.3 Å². The lowest BCUT2D eigenvalue weighted by molar-refractivity contribution is 0.100. The minimum Gasteiger partial charge on any atom is -0.337 e. The number of amides is 4. The lowest BCUT2D eigenvalue weighted by Crippen LogP contribution is -2.20. The number of benzene rings is 4. The van der Waals surface area contributed by atoms with Crippen molar-refractivity contribution in [2.24, 2.45) is 0 Å². The molecule has 0 aliphatic carbocycles. The molecule has 8 aromatic heterocycles. The summed E-state index contributed by atoms with van der Waals surface area (Å²) in [4.78, 5) is 98.0. The molecule has 12 rings (SSSR count). The van der Waals surface area contributed by atoms with Crippen molar-refractivity contribution in [1.82, 2.24) is 20.6 Å². The molecule has 8 N–H and O–H groups in total. The van der Waals surface area contributed by atoms with Gasteiger partial charge in [0, 0.05) is 69.2 Å². The van der Waals surface area contributed by atoms with Gasteiger partial charge in [-0.3, -0.25) is 38.4 Å². The number of aryl methyl sites for hydroxylation is 12. The zero-order valence-corrected chi connectivity index (χ0v) is 71.4. The first-order valence-electron chi connectivity index (χ1n) is 47.4. The van der Waals surface area contributed by atoms with E-state index in [1.807, 2.05) is 0 Å². The van der Waals surface area contributed by atoms with Crippen molar-refractivity contribution in [3.8, 4) is 0 Å². The maximum Gasteiger partial charge on any atom is 0.267 e. The number of hydrogen-bond acceptors (Lipinski definition) is 28. The van der Waals surface area contributed by atoms with Crippen molar-refractivity contribution in [1.29, 1.82) is 0 Å². The highest BCUT2D eigenvalue weighted by Gasteiger charge is 2.33. The van der Waals surface area contributed by atoms with E-state index in [2.05, 4.69) is 20.6 Å². The molecular formula is C80H84N12O20S8. The molecule has 0 aliphatic rings. The monoisotopic (exact) mass is 1820 g/mol. The first-order valence-corrected chi connectivity index (χ1v) is 43.1. The van der Waals surface area contributed by atoms with Gasteiger partial charge in [0.1, 0.15) is 39.1 Å². The van der Waals surface area contributed by atoms with Gasteiger partial charge in [-0.1, -0.05) is 44.9 Å². The van der Waals surface area contributed by atoms with Crippen molar-refractivity contribution in [3.63, 3.8) is 0 Å². The first kappa shape index (κ1) is 59.7. The fraction of sp³-hybridized carbons (Fsp3) is 0.250. The minimum absolute atomic E-state index is 0.0344. The molecule has 120 heavy (non-hydrogen) atoms. The number of rotatable bonds is 24. The van der Waals surface area contributed by atoms with E-state index < -0.39 is 236 Å². The topological polar surface area (TPSA) is 473 Å². The van der Waals surface area contributed by atoms with Crippen LogP contribution in [0.2, 0.25) is 11.3 Å². The van der Waals surface area contributed by atoms with Crippen molar-refractivity contribution >= 4 is 178 Å². The Morgan fingerprint density at radius 1 is 0.333 bits per heavy atom. The lowest BCUT2D eigenvalue weighted by atomic mass is 10.0. The maximum atomic E-state index is 13.5. The second-order valence-electron chi connectivity index (χ2n) is 25.5. The van der Waals surface area contributed by atoms with Crippen LogP contribution in [0, 0.1) is 110 Å². The molecule has 12 aromatic rings. The van der Waals surface area contributed by atoms with E-state index in [0.29, 0.717) is 83.8 Å². The number of nitrogens with one attached hydrogen (secondary N) is 8. The SMILES string of the molecule is [2H]N(C(=O)c1sccc1S(=O)(=O)N([2H])c1onc(C)c1C([2H])([2H])[2H])c1c(C(C)=O)cc(C([2H])([2H])[2H])cc1C([2H])([2H])[2H].[2H]N(C(=O)c1sccc1S(=O)(=O)N([2H])c1onc(C)c1C)c1c(C(C)=O)cc(C([2H])([2H])[2H])cc1C([2H])([2H])[2H].[2H]c1c(C)cc(C)c(N([2H])C(=O)c2sccc2S(=O)(=O)N([2H])c2onc(C)c2C([2H])([2H])[2H])c1C(C)=O.[2H]c1c(C)cc(C)c(N([2H])C(=O)c2sccc2S(=O)(=O)N([2H])c2onc(C)c2C)c1C(C)=O. The van der Waals surface area contributed by atoms with Crippen LogP contribution < -0.4 is 40.1 Å². The minimum atomic E-state index is -5.06. The second kappa shape index (κ2) is 37.2. The van der Waals surface area contributed by atoms with Gasteiger partial charge in [-0.15, -0.1) is 45.3 Å². The molecule has 0 aliphatic heterocycles. The molecule has 0 atom stereocenters. The van der Waals surface area contributed by atoms with Gasteiger partial charge in [-0.2, -0.15) is 0 Å². The van der Waals surface area contributed by atoms with Crippen molar-refractivity contribution < 1.29 is 129 Å². The molecule has 4 amide bonds. The van der Waals surface area contributed by atoms with Crippen molar-refractivity contribution in [2.75, 3.05) is 40.1 Å². The number of Topliss-reactive ketones (excluding diaryl/α,β-unsaturated/α-hetero) is 4. The van der Waals surface area contributed by atoms with Gasteiger partial charge in [-0.05, 0) is 253 Å². The van der Waals surface area contributed by atoms with E-state index >= 15 is 0 Å². The standard InChI is InChI=1S/4C20H21N3O5S2/c4*1-10-8-11(2)17(15(9-10)14(5)24)21-19(25)18-16(6-7-29-18)30(26,27)23-20-12(3)13(4)22-28-20/h4*6-9,23H,1-5H3,(H,21,25)/i1D3,2D3,3D3;3D3,9D;1D3,2D3;9D/hD8. The molecule has 0 bridgehead atoms. The number of carbonyl (C=O) groups excluding carboxylic acids is 8. The fourth-order valence-corrected chi connectivity index (χ4v) is 19.3. The lowest BCUT2D eigenvalue weighted by Gasteiger charge is -2.14. The molecule has 0 spiro atoms. The molecule has 0 fully saturated rings. The van der Waals surface area contributed by atoms with Crippen LogP contribution in [-0.4, -0.2) is 101 Å². The summed E-state index contributed by atoms with van der Waals surface area (Å²) in [6.07, 6.45) is 0. The molecule has 40 heteroatoms. The van der Waals surface area contributed by atoms with Gasteiger partial charge in [-0.25, -0.2) is 52.5 Å². The summed E-state index contributed by atoms with van der Waals surface area (Å²) in [6.45, 7) is 1.86. The average Bonchev–Trinajstić information content (AvgIpc) is 1.52. The summed E-state index contributed by atoms with van der Waals surface area (Å²) >= 11 is 2.55. The average molecular weight is 1820 g/mol. The van der Waals surface area contributed by atoms with Crippen LogP contribution in [-0.2, 0) is 40.1 Å². The number of thiophene rings is 4. The third-order valence-corrected chi connectivity index (χ3v) is 25.8. The molecular weight excluding hydrogens is 1710 g/mol. The van der Waals surface area contributed by atoms with Gasteiger partial charge in [0.15, 0.2) is 34.4 Å². The van der Waals surface area contributed by atoms with Gasteiger partial charge >= 0.3 is 0 Å². The predicted molar refractivity (Wildman–Crippen MR) is 460 cm³/mol. The molecule has 0 unspecified atom stereocenters. The van der Waals surface area contributed by atoms with E-state index in [0.717, 1.165) is 79.1 Å². The molecule has 0 radical (unpaired) electrons. The number of carbonyl (C=O) groups is 8. The number of anilines is 8. The normalized spacial score (nSPS) is 15.4. The summed E-state index contributed by atoms with van der Waals surface area (Å²) in [6, 6.07) is 10.1. The first-order chi connectivity index (χ1) is 67.6. The van der Waals surface area contributed by atoms with Crippen LogP contribution >= 0.6 is 45.3 Å². The summed E-state index contributed by atoms with van der Waals surface area (Å²) < 4.78 is 346. The summed E-state index contributed by atoms with van der Waals surface area (Å²) in [5.41, 5.74) is -4.23. The van der Waals surface area contributed by atoms with Crippen LogP contribution in [0.4, 0.5) is 46.3 Å². The molecule has 32 nitrogen and oxygen atoms in total. The molecule has 8 heterocycles. The van der Waals surface area contributed by atoms with Crippen LogP contribution in [0.5, 0.6) is 0 Å². The Morgan fingerprint density at radius 3 is 0.800 bits per heavy atom. The fourth-order valence-electron chi connectivity index (χ4n) is 10.3. The van der Waals surface area contributed by atoms with E-state index in [-0.39, 0.29) is 91.8 Å². The van der Waals surface area contributed by atoms with Crippen LogP contribution in [0.1, 0.15) is 225 Å². The summed E-state index contributed by atoms with van der Waals surface area (Å²) in [5, 5.41) is 19.9. The number of nitrogens with zero attached hydrogens (tertiary/aromatic N) is 4. The van der Waals surface area contributed by atoms with Crippen molar-refractivity contribution in [2.45, 2.75) is 158 Å². The quantitative estimate of drug-likeness (QED) is 0.0260. The summed E-state index contributed by atoms with van der Waals surface area (Å²) in [5.74, 6) is -10.2. The van der Waals surface area contributed by atoms with Crippen LogP contribution in [0.3, 0.4) is 0 Å². The number of hydrogen-bond donors (Lipinski definition) is 8. The van der Waals surface area contributed by atoms with Gasteiger partial charge in [0.25, 0.3) is 63.7 Å². The highest BCUT2D eigenvalue weighted by molar-refractivity contribution is 7.94. The molecule has 0 saturated heterocycles. The number of ketones is 4. The zero-order chi connectivity index (χ0) is 113. The van der Waals surface area contributed by atoms with E-state index in [1.165, 1.54) is 63.7 Å². The Kier molecular flexibility index (Phi) is 18.5. The third-order valence-electron chi connectivity index (χ3n) is 16.4. The van der Waals surface area contributed by atoms with E-state index in [4.69, 9.17) is 56.8 Å². The zero-order valence-electron chi connectivity index (χ0n) is 92.9. The van der Waals surface area contributed by atoms with Gasteiger partial charge in [0.2, 0.25) is 23.5 Å². The van der Waals surface area contributed by atoms with Gasteiger partial charge in [0.05, 0.1) is 48.3 Å². The number of sulfonamides is 4. The highest BCUT2D eigenvalue weighted by atomic mass is 32.2. The Labute approximate surface area is 747 Å². The smallest absolute Gasteiger partial charge is 0.267 e. The summed E-state index contributed by atoms with van der Waals surface area (Å²) in [7, 11) is -19.2. The largest absolute Gasteiger partial charge is 0.337 e. The third kappa shape index (κ3) is 21.0. The maximum absolute atomic E-state index is 13.5. The Hall–Kier alpha value is -11.9.